The van der Waals surface area contributed by atoms with Crippen LogP contribution in [0.4, 0.5) is 5.69 Å². The summed E-state index contributed by atoms with van der Waals surface area (Å²) in [6, 6.07) is 14.5. The predicted octanol–water partition coefficient (Wildman–Crippen LogP) is 3.10. The van der Waals surface area contributed by atoms with Crippen LogP contribution in [0.15, 0.2) is 59.1 Å². The minimum absolute atomic E-state index is 0.0974. The van der Waals surface area contributed by atoms with E-state index in [1.165, 1.54) is 6.20 Å². The van der Waals surface area contributed by atoms with E-state index in [9.17, 15) is 9.59 Å². The molecule has 8 heteroatoms. The van der Waals surface area contributed by atoms with Gasteiger partial charge in [-0.3, -0.25) is 14.6 Å². The second-order valence-electron chi connectivity index (χ2n) is 6.90. The average Bonchev–Trinajstić information content (AvgIpc) is 3.17. The van der Waals surface area contributed by atoms with Crippen LogP contribution in [0, 0.1) is 0 Å². The minimum atomic E-state index is -0.462. The van der Waals surface area contributed by atoms with Gasteiger partial charge in [0, 0.05) is 18.5 Å². The predicted molar refractivity (Wildman–Crippen MR) is 110 cm³/mol. The van der Waals surface area contributed by atoms with Gasteiger partial charge in [-0.15, -0.1) is 0 Å². The zero-order valence-corrected chi connectivity index (χ0v) is 16.0. The molecule has 0 bridgehead atoms. The lowest BCUT2D eigenvalue weighted by Crippen LogP contribution is -2.40. The Balaban J connectivity index is 1.52. The quantitative estimate of drug-likeness (QED) is 0.566. The van der Waals surface area contributed by atoms with E-state index in [1.54, 1.807) is 23.1 Å². The standard InChI is InChI=1S/C22H18N4O4/c27-21(17-13-23-15-6-2-3-7-16(15)24-17)25-19-14-5-1-4-8-18(14)30-20(19)22(28)26-9-11-29-12-10-26/h1-8,13H,9-12H2,(H,25,27). The third-order valence-corrected chi connectivity index (χ3v) is 5.01. The van der Waals surface area contributed by atoms with Crippen LogP contribution in [-0.4, -0.2) is 53.0 Å². The summed E-state index contributed by atoms with van der Waals surface area (Å²) in [5, 5.41) is 3.47. The number of carbonyl (C=O) groups excluding carboxylic acids is 2. The number of nitrogens with one attached hydrogen (secondary N) is 1. The zero-order valence-electron chi connectivity index (χ0n) is 16.0. The highest BCUT2D eigenvalue weighted by Gasteiger charge is 2.28. The van der Waals surface area contributed by atoms with Crippen LogP contribution >= 0.6 is 0 Å². The number of benzene rings is 2. The van der Waals surface area contributed by atoms with Gasteiger partial charge in [0.15, 0.2) is 0 Å². The summed E-state index contributed by atoms with van der Waals surface area (Å²) < 4.78 is 11.2. The number of carbonyl (C=O) groups is 2. The van der Waals surface area contributed by atoms with E-state index >= 15 is 0 Å². The number of ether oxygens (including phenoxy) is 1. The number of para-hydroxylation sites is 3. The van der Waals surface area contributed by atoms with Crippen LogP contribution in [0.25, 0.3) is 22.0 Å². The maximum Gasteiger partial charge on any atom is 0.291 e. The molecule has 0 radical (unpaired) electrons. The fourth-order valence-electron chi connectivity index (χ4n) is 3.47. The Hall–Kier alpha value is -3.78. The maximum atomic E-state index is 13.1. The number of fused-ring (bicyclic) bond motifs is 2. The van der Waals surface area contributed by atoms with Crippen LogP contribution in [0.2, 0.25) is 0 Å². The average molecular weight is 402 g/mol. The lowest BCUT2D eigenvalue weighted by atomic mass is 10.2. The van der Waals surface area contributed by atoms with Crippen molar-refractivity contribution < 1.29 is 18.7 Å². The number of rotatable bonds is 3. The molecule has 3 heterocycles. The van der Waals surface area contributed by atoms with Crippen LogP contribution in [0.3, 0.4) is 0 Å². The first-order valence-corrected chi connectivity index (χ1v) is 9.62. The number of hydrogen-bond acceptors (Lipinski definition) is 6. The summed E-state index contributed by atoms with van der Waals surface area (Å²) in [4.78, 5) is 36.4. The van der Waals surface area contributed by atoms with Crippen molar-refractivity contribution in [3.63, 3.8) is 0 Å². The second kappa shape index (κ2) is 7.57. The van der Waals surface area contributed by atoms with Crippen molar-refractivity contribution in [1.29, 1.82) is 0 Å². The summed E-state index contributed by atoms with van der Waals surface area (Å²) in [6.07, 6.45) is 1.42. The van der Waals surface area contributed by atoms with Gasteiger partial charge in [-0.1, -0.05) is 24.3 Å². The van der Waals surface area contributed by atoms with E-state index in [4.69, 9.17) is 9.15 Å². The molecule has 30 heavy (non-hydrogen) atoms. The van der Waals surface area contributed by atoms with Gasteiger partial charge in [-0.05, 0) is 24.3 Å². The number of aromatic nitrogens is 2. The third-order valence-electron chi connectivity index (χ3n) is 5.01. The molecule has 1 aliphatic heterocycles. The Bertz CT molecular complexity index is 1260. The van der Waals surface area contributed by atoms with Crippen LogP contribution in [0.1, 0.15) is 21.0 Å². The Labute approximate surface area is 171 Å². The van der Waals surface area contributed by atoms with E-state index in [0.29, 0.717) is 54.0 Å². The van der Waals surface area contributed by atoms with Gasteiger partial charge in [0.1, 0.15) is 17.0 Å². The van der Waals surface area contributed by atoms with Crippen molar-refractivity contribution in [2.45, 2.75) is 0 Å². The Morgan fingerprint density at radius 3 is 2.53 bits per heavy atom. The van der Waals surface area contributed by atoms with E-state index < -0.39 is 5.91 Å². The number of amides is 2. The minimum Gasteiger partial charge on any atom is -0.449 e. The van der Waals surface area contributed by atoms with E-state index in [2.05, 4.69) is 15.3 Å². The summed E-state index contributed by atoms with van der Waals surface area (Å²) in [7, 11) is 0. The van der Waals surface area contributed by atoms with E-state index in [-0.39, 0.29) is 17.4 Å². The molecule has 1 saturated heterocycles. The van der Waals surface area contributed by atoms with Crippen molar-refractivity contribution in [3.8, 4) is 0 Å². The number of hydrogen-bond donors (Lipinski definition) is 1. The second-order valence-corrected chi connectivity index (χ2v) is 6.90. The molecule has 0 aliphatic carbocycles. The molecule has 8 nitrogen and oxygen atoms in total. The molecule has 0 atom stereocenters. The lowest BCUT2D eigenvalue weighted by molar-refractivity contribution is 0.0285. The molecule has 4 aromatic rings. The highest BCUT2D eigenvalue weighted by Crippen LogP contribution is 2.32. The van der Waals surface area contributed by atoms with Crippen molar-refractivity contribution in [3.05, 3.63) is 66.2 Å². The topological polar surface area (TPSA) is 97.6 Å². The summed E-state index contributed by atoms with van der Waals surface area (Å²) in [6.45, 7) is 1.89. The van der Waals surface area contributed by atoms with Crippen molar-refractivity contribution in [1.82, 2.24) is 14.9 Å². The molecule has 0 unspecified atom stereocenters. The van der Waals surface area contributed by atoms with Crippen molar-refractivity contribution in [2.24, 2.45) is 0 Å². The molecule has 5 rings (SSSR count). The first-order valence-electron chi connectivity index (χ1n) is 9.62. The molecule has 1 fully saturated rings. The fourth-order valence-corrected chi connectivity index (χ4v) is 3.47. The molecule has 2 aromatic heterocycles. The summed E-state index contributed by atoms with van der Waals surface area (Å²) >= 11 is 0. The molecule has 1 N–H and O–H groups in total. The SMILES string of the molecule is O=C(Nc1c(C(=O)N2CCOCC2)oc2ccccc12)c1cnc2ccccc2n1. The van der Waals surface area contributed by atoms with Gasteiger partial charge >= 0.3 is 0 Å². The maximum absolute atomic E-state index is 13.1. The van der Waals surface area contributed by atoms with Crippen molar-refractivity contribution >= 4 is 39.5 Å². The molecule has 2 aromatic carbocycles. The highest BCUT2D eigenvalue weighted by molar-refractivity contribution is 6.14. The first-order chi connectivity index (χ1) is 14.7. The van der Waals surface area contributed by atoms with Crippen LogP contribution in [-0.2, 0) is 4.74 Å². The molecule has 1 aliphatic rings. The van der Waals surface area contributed by atoms with E-state index in [0.717, 1.165) is 0 Å². The van der Waals surface area contributed by atoms with Gasteiger partial charge in [0.2, 0.25) is 5.76 Å². The van der Waals surface area contributed by atoms with Gasteiger partial charge in [0.25, 0.3) is 11.8 Å². The van der Waals surface area contributed by atoms with Gasteiger partial charge in [0.05, 0.1) is 30.4 Å². The highest BCUT2D eigenvalue weighted by atomic mass is 16.5. The first kappa shape index (κ1) is 18.3. The van der Waals surface area contributed by atoms with Crippen LogP contribution < -0.4 is 5.32 Å². The Morgan fingerprint density at radius 2 is 1.70 bits per heavy atom. The normalized spacial score (nSPS) is 14.2. The van der Waals surface area contributed by atoms with Gasteiger partial charge in [-0.2, -0.15) is 0 Å². The smallest absolute Gasteiger partial charge is 0.291 e. The van der Waals surface area contributed by atoms with Crippen LogP contribution in [0.5, 0.6) is 0 Å². The number of anilines is 1. The Morgan fingerprint density at radius 1 is 0.967 bits per heavy atom. The fraction of sp³-hybridized carbons (Fsp3) is 0.182. The lowest BCUT2D eigenvalue weighted by Gasteiger charge is -2.26. The van der Waals surface area contributed by atoms with Crippen molar-refractivity contribution in [2.75, 3.05) is 31.6 Å². The van der Waals surface area contributed by atoms with Gasteiger partial charge in [-0.25, -0.2) is 4.98 Å². The third kappa shape index (κ3) is 3.27. The number of nitrogens with zero attached hydrogens (tertiary/aromatic N) is 3. The Kier molecular flexibility index (Phi) is 4.61. The molecular weight excluding hydrogens is 384 g/mol. The number of furan rings is 1. The largest absolute Gasteiger partial charge is 0.449 e. The molecule has 2 amide bonds. The zero-order chi connectivity index (χ0) is 20.5. The molecular formula is C22H18N4O4. The van der Waals surface area contributed by atoms with E-state index in [1.807, 2.05) is 30.3 Å². The van der Waals surface area contributed by atoms with Gasteiger partial charge < -0.3 is 19.4 Å². The summed E-state index contributed by atoms with van der Waals surface area (Å²) in [5.41, 5.74) is 2.33. The molecule has 0 saturated carbocycles. The summed E-state index contributed by atoms with van der Waals surface area (Å²) in [5.74, 6) is -0.648. The molecule has 0 spiro atoms. The molecule has 150 valence electrons. The number of morpholine rings is 1. The monoisotopic (exact) mass is 402 g/mol.